The van der Waals surface area contributed by atoms with Crippen molar-refractivity contribution in [2.75, 3.05) is 13.1 Å². The molecule has 0 amide bonds. The van der Waals surface area contributed by atoms with Crippen LogP contribution in [0, 0.1) is 0 Å². The zero-order valence-electron chi connectivity index (χ0n) is 9.37. The predicted molar refractivity (Wildman–Crippen MR) is 65.5 cm³/mol. The molecule has 1 unspecified atom stereocenters. The van der Waals surface area contributed by atoms with E-state index >= 15 is 0 Å². The number of nitrogens with two attached hydrogens (primary N) is 1. The Balaban J connectivity index is 1.69. The smallest absolute Gasteiger partial charge is 0.241 e. The number of likely N-dealkylation sites (tertiary alicyclic amines) is 1. The molecule has 3 heterocycles. The second kappa shape index (κ2) is 4.56. The van der Waals surface area contributed by atoms with E-state index in [4.69, 9.17) is 10.3 Å². The van der Waals surface area contributed by atoms with Gasteiger partial charge in [-0.1, -0.05) is 5.16 Å². The van der Waals surface area contributed by atoms with E-state index in [2.05, 4.69) is 15.0 Å². The Morgan fingerprint density at radius 2 is 2.53 bits per heavy atom. The summed E-state index contributed by atoms with van der Waals surface area (Å²) in [5.74, 6) is 1.34. The van der Waals surface area contributed by atoms with Gasteiger partial charge in [0.1, 0.15) is 0 Å². The van der Waals surface area contributed by atoms with Crippen molar-refractivity contribution in [3.8, 4) is 11.4 Å². The summed E-state index contributed by atoms with van der Waals surface area (Å²) in [5, 5.41) is 8.00. The summed E-state index contributed by atoms with van der Waals surface area (Å²) in [4.78, 5) is 6.63. The highest BCUT2D eigenvalue weighted by atomic mass is 32.1. The van der Waals surface area contributed by atoms with Crippen LogP contribution in [0.3, 0.4) is 0 Å². The van der Waals surface area contributed by atoms with E-state index in [0.717, 1.165) is 25.1 Å². The Bertz CT molecular complexity index is 481. The maximum Gasteiger partial charge on any atom is 0.241 e. The Morgan fingerprint density at radius 1 is 1.59 bits per heavy atom. The Labute approximate surface area is 103 Å². The van der Waals surface area contributed by atoms with Gasteiger partial charge < -0.3 is 10.3 Å². The number of hydrogen-bond acceptors (Lipinski definition) is 6. The molecular formula is C11H14N4OS. The molecular weight excluding hydrogens is 236 g/mol. The lowest BCUT2D eigenvalue weighted by atomic mass is 10.3. The first-order valence-electron chi connectivity index (χ1n) is 5.64. The number of aromatic nitrogens is 2. The van der Waals surface area contributed by atoms with Gasteiger partial charge in [-0.2, -0.15) is 16.3 Å². The van der Waals surface area contributed by atoms with Crippen molar-refractivity contribution in [3.05, 3.63) is 22.7 Å². The summed E-state index contributed by atoms with van der Waals surface area (Å²) in [7, 11) is 0. The minimum atomic E-state index is 0.286. The van der Waals surface area contributed by atoms with E-state index in [1.165, 1.54) is 0 Å². The van der Waals surface area contributed by atoms with Crippen molar-refractivity contribution in [2.45, 2.75) is 19.0 Å². The van der Waals surface area contributed by atoms with Gasteiger partial charge in [-0.3, -0.25) is 4.90 Å². The van der Waals surface area contributed by atoms with Crippen LogP contribution in [-0.2, 0) is 6.54 Å². The average molecular weight is 250 g/mol. The first-order chi connectivity index (χ1) is 8.31. The molecule has 90 valence electrons. The van der Waals surface area contributed by atoms with Gasteiger partial charge in [-0.15, -0.1) is 0 Å². The molecule has 5 nitrogen and oxygen atoms in total. The van der Waals surface area contributed by atoms with Crippen LogP contribution in [-0.4, -0.2) is 34.2 Å². The molecule has 0 aromatic carbocycles. The maximum absolute atomic E-state index is 5.85. The second-order valence-electron chi connectivity index (χ2n) is 4.31. The van der Waals surface area contributed by atoms with E-state index < -0.39 is 0 Å². The van der Waals surface area contributed by atoms with Crippen LogP contribution in [0.2, 0.25) is 0 Å². The summed E-state index contributed by atoms with van der Waals surface area (Å²) in [6.07, 6.45) is 1.05. The summed E-state index contributed by atoms with van der Waals surface area (Å²) in [5.41, 5.74) is 6.87. The topological polar surface area (TPSA) is 68.2 Å². The largest absolute Gasteiger partial charge is 0.338 e. The number of nitrogens with zero attached hydrogens (tertiary/aromatic N) is 3. The predicted octanol–water partition coefficient (Wildman–Crippen LogP) is 1.33. The van der Waals surface area contributed by atoms with Crippen LogP contribution >= 0.6 is 11.3 Å². The van der Waals surface area contributed by atoms with E-state index in [1.807, 2.05) is 16.8 Å². The van der Waals surface area contributed by atoms with Crippen molar-refractivity contribution < 1.29 is 4.52 Å². The average Bonchev–Trinajstić information content (AvgIpc) is 3.00. The Kier molecular flexibility index (Phi) is 2.92. The minimum absolute atomic E-state index is 0.286. The molecule has 2 N–H and O–H groups in total. The fraction of sp³-hybridized carbons (Fsp3) is 0.455. The van der Waals surface area contributed by atoms with Crippen LogP contribution in [0.5, 0.6) is 0 Å². The van der Waals surface area contributed by atoms with Gasteiger partial charge in [0.2, 0.25) is 11.7 Å². The molecule has 6 heteroatoms. The summed E-state index contributed by atoms with van der Waals surface area (Å²) in [6, 6.07) is 2.28. The van der Waals surface area contributed by atoms with Crippen LogP contribution in [0.1, 0.15) is 12.3 Å². The number of hydrogen-bond donors (Lipinski definition) is 1. The molecule has 0 spiro atoms. The lowest BCUT2D eigenvalue weighted by Crippen LogP contribution is -2.26. The quantitative estimate of drug-likeness (QED) is 0.890. The molecule has 17 heavy (non-hydrogen) atoms. The van der Waals surface area contributed by atoms with Gasteiger partial charge in [0.25, 0.3) is 0 Å². The molecule has 3 rings (SSSR count). The highest BCUT2D eigenvalue weighted by Gasteiger charge is 2.21. The summed E-state index contributed by atoms with van der Waals surface area (Å²) in [6.45, 7) is 2.62. The van der Waals surface area contributed by atoms with Gasteiger partial charge in [-0.25, -0.2) is 0 Å². The molecule has 0 aliphatic carbocycles. The monoisotopic (exact) mass is 250 g/mol. The third-order valence-electron chi connectivity index (χ3n) is 2.92. The van der Waals surface area contributed by atoms with E-state index in [0.29, 0.717) is 18.3 Å². The van der Waals surface area contributed by atoms with Crippen molar-refractivity contribution in [1.29, 1.82) is 0 Å². The lowest BCUT2D eigenvalue weighted by Gasteiger charge is -2.10. The van der Waals surface area contributed by atoms with Crippen molar-refractivity contribution in [2.24, 2.45) is 5.73 Å². The summed E-state index contributed by atoms with van der Waals surface area (Å²) < 4.78 is 5.25. The second-order valence-corrected chi connectivity index (χ2v) is 5.09. The van der Waals surface area contributed by atoms with E-state index in [1.54, 1.807) is 11.3 Å². The molecule has 0 saturated carbocycles. The fourth-order valence-electron chi connectivity index (χ4n) is 2.03. The molecule has 1 fully saturated rings. The van der Waals surface area contributed by atoms with Crippen molar-refractivity contribution in [3.63, 3.8) is 0 Å². The van der Waals surface area contributed by atoms with Crippen LogP contribution in [0.15, 0.2) is 21.3 Å². The highest BCUT2D eigenvalue weighted by molar-refractivity contribution is 7.08. The Morgan fingerprint density at radius 3 is 3.24 bits per heavy atom. The van der Waals surface area contributed by atoms with Crippen LogP contribution in [0.25, 0.3) is 11.4 Å². The Hall–Kier alpha value is -1.24. The zero-order valence-corrected chi connectivity index (χ0v) is 10.2. The fourth-order valence-corrected chi connectivity index (χ4v) is 2.66. The van der Waals surface area contributed by atoms with Gasteiger partial charge >= 0.3 is 0 Å². The molecule has 1 saturated heterocycles. The normalized spacial score (nSPS) is 21.1. The molecule has 1 atom stereocenters. The number of rotatable bonds is 3. The minimum Gasteiger partial charge on any atom is -0.338 e. The van der Waals surface area contributed by atoms with Crippen molar-refractivity contribution in [1.82, 2.24) is 15.0 Å². The van der Waals surface area contributed by atoms with Crippen molar-refractivity contribution >= 4 is 11.3 Å². The third kappa shape index (κ3) is 2.38. The molecule has 0 bridgehead atoms. The van der Waals surface area contributed by atoms with E-state index in [-0.39, 0.29) is 6.04 Å². The number of thiophene rings is 1. The first-order valence-corrected chi connectivity index (χ1v) is 6.58. The van der Waals surface area contributed by atoms with Crippen LogP contribution < -0.4 is 5.73 Å². The molecule has 2 aromatic rings. The SMILES string of the molecule is NC1CCN(Cc2nc(-c3ccsc3)no2)C1. The standard InChI is InChI=1S/C11H14N4OS/c12-9-1-3-15(5-9)6-10-13-11(14-16-10)8-2-4-17-7-8/h2,4,7,9H,1,3,5-6,12H2. The van der Waals surface area contributed by atoms with Gasteiger partial charge in [0.05, 0.1) is 6.54 Å². The highest BCUT2D eigenvalue weighted by Crippen LogP contribution is 2.19. The molecule has 2 aromatic heterocycles. The summed E-state index contributed by atoms with van der Waals surface area (Å²) >= 11 is 1.63. The molecule has 1 aliphatic rings. The maximum atomic E-state index is 5.85. The molecule has 1 aliphatic heterocycles. The van der Waals surface area contributed by atoms with Crippen LogP contribution in [0.4, 0.5) is 0 Å². The third-order valence-corrected chi connectivity index (χ3v) is 3.60. The molecule has 0 radical (unpaired) electrons. The van der Waals surface area contributed by atoms with Gasteiger partial charge in [0.15, 0.2) is 0 Å². The zero-order chi connectivity index (χ0) is 11.7. The van der Waals surface area contributed by atoms with E-state index in [9.17, 15) is 0 Å². The first kappa shape index (κ1) is 10.9. The lowest BCUT2D eigenvalue weighted by molar-refractivity contribution is 0.265. The van der Waals surface area contributed by atoms with Gasteiger partial charge in [0, 0.05) is 30.1 Å². The van der Waals surface area contributed by atoms with Gasteiger partial charge in [-0.05, 0) is 17.9 Å².